The number of aromatic nitrogens is 1. The maximum atomic E-state index is 12.8. The number of nitrogens with zero attached hydrogens (tertiary/aromatic N) is 1. The van der Waals surface area contributed by atoms with Crippen LogP contribution in [0.25, 0.3) is 10.2 Å². The molecule has 3 rings (SSSR count). The number of carbonyl (C=O) groups excluding carboxylic acids is 2. The van der Waals surface area contributed by atoms with Crippen LogP contribution in [-0.2, 0) is 9.53 Å². The molecular weight excluding hydrogens is 340 g/mol. The Bertz CT molecular complexity index is 928. The zero-order chi connectivity index (χ0) is 18.0. The van der Waals surface area contributed by atoms with Crippen molar-refractivity contribution < 1.29 is 19.1 Å². The molecule has 0 radical (unpaired) electrons. The Morgan fingerprint density at radius 1 is 1.20 bits per heavy atom. The number of para-hydroxylation sites is 2. The van der Waals surface area contributed by atoms with Gasteiger partial charge in [0.1, 0.15) is 17.5 Å². The number of hydrogen-bond donors (Lipinski definition) is 1. The standard InChI is InChI=1S/C18H18N2O4S/c1-11(17(21)19-12-6-4-5-7-15(12)23-2)20-13-8-9-25-16(13)10-14(20)18(22)24-3/h4-11H,1-3H3,(H,19,21). The van der Waals surface area contributed by atoms with Crippen molar-refractivity contribution in [2.75, 3.05) is 19.5 Å². The molecule has 25 heavy (non-hydrogen) atoms. The fourth-order valence-corrected chi connectivity index (χ4v) is 3.54. The van der Waals surface area contributed by atoms with Gasteiger partial charge >= 0.3 is 5.97 Å². The molecular formula is C18H18N2O4S. The largest absolute Gasteiger partial charge is 0.495 e. The van der Waals surface area contributed by atoms with Crippen LogP contribution in [0.4, 0.5) is 5.69 Å². The van der Waals surface area contributed by atoms with Crippen molar-refractivity contribution >= 4 is 39.1 Å². The minimum atomic E-state index is -0.605. The third-order valence-corrected chi connectivity index (χ3v) is 4.84. The predicted octanol–water partition coefficient (Wildman–Crippen LogP) is 3.70. The summed E-state index contributed by atoms with van der Waals surface area (Å²) in [5.41, 5.74) is 1.76. The van der Waals surface area contributed by atoms with Gasteiger partial charge in [0.25, 0.3) is 0 Å². The first-order valence-electron chi connectivity index (χ1n) is 7.67. The number of fused-ring (bicyclic) bond motifs is 1. The van der Waals surface area contributed by atoms with Gasteiger partial charge in [-0.1, -0.05) is 12.1 Å². The Kier molecular flexibility index (Phi) is 4.76. The van der Waals surface area contributed by atoms with Crippen molar-refractivity contribution in [1.29, 1.82) is 0 Å². The summed E-state index contributed by atoms with van der Waals surface area (Å²) in [5.74, 6) is -0.150. The molecule has 1 aromatic carbocycles. The Labute approximate surface area is 149 Å². The molecule has 1 N–H and O–H groups in total. The minimum absolute atomic E-state index is 0.252. The fourth-order valence-electron chi connectivity index (χ4n) is 2.73. The SMILES string of the molecule is COC(=O)c1cc2sccc2n1C(C)C(=O)Nc1ccccc1OC. The molecule has 0 aliphatic heterocycles. The third-order valence-electron chi connectivity index (χ3n) is 3.99. The quantitative estimate of drug-likeness (QED) is 0.706. The van der Waals surface area contributed by atoms with E-state index < -0.39 is 12.0 Å². The highest BCUT2D eigenvalue weighted by molar-refractivity contribution is 7.17. The van der Waals surface area contributed by atoms with Gasteiger partial charge in [0, 0.05) is 0 Å². The zero-order valence-corrected chi connectivity index (χ0v) is 14.9. The van der Waals surface area contributed by atoms with Crippen LogP contribution < -0.4 is 10.1 Å². The van der Waals surface area contributed by atoms with Crippen LogP contribution in [0.1, 0.15) is 23.5 Å². The van der Waals surface area contributed by atoms with Crippen molar-refractivity contribution in [3.05, 3.63) is 47.5 Å². The van der Waals surface area contributed by atoms with E-state index in [1.54, 1.807) is 36.8 Å². The first-order valence-corrected chi connectivity index (χ1v) is 8.55. The van der Waals surface area contributed by atoms with E-state index in [9.17, 15) is 9.59 Å². The maximum absolute atomic E-state index is 12.8. The van der Waals surface area contributed by atoms with Crippen LogP contribution in [-0.4, -0.2) is 30.7 Å². The van der Waals surface area contributed by atoms with Crippen LogP contribution in [0.3, 0.4) is 0 Å². The number of amides is 1. The van der Waals surface area contributed by atoms with E-state index >= 15 is 0 Å². The molecule has 0 aliphatic rings. The summed E-state index contributed by atoms with van der Waals surface area (Å²) in [5, 5.41) is 4.78. The Hall–Kier alpha value is -2.80. The number of benzene rings is 1. The zero-order valence-electron chi connectivity index (χ0n) is 14.1. The second-order valence-electron chi connectivity index (χ2n) is 5.43. The molecule has 0 bridgehead atoms. The molecule has 1 amide bonds. The van der Waals surface area contributed by atoms with Crippen molar-refractivity contribution in [2.45, 2.75) is 13.0 Å². The van der Waals surface area contributed by atoms with Crippen LogP contribution in [0.15, 0.2) is 41.8 Å². The van der Waals surface area contributed by atoms with Gasteiger partial charge in [-0.25, -0.2) is 4.79 Å². The number of rotatable bonds is 5. The normalized spacial score (nSPS) is 12.0. The van der Waals surface area contributed by atoms with Crippen LogP contribution >= 0.6 is 11.3 Å². The summed E-state index contributed by atoms with van der Waals surface area (Å²) in [7, 11) is 2.87. The smallest absolute Gasteiger partial charge is 0.354 e. The van der Waals surface area contributed by atoms with Gasteiger partial charge in [0.05, 0.1) is 30.1 Å². The van der Waals surface area contributed by atoms with E-state index in [0.29, 0.717) is 17.1 Å². The first-order chi connectivity index (χ1) is 12.1. The second kappa shape index (κ2) is 6.98. The average Bonchev–Trinajstić information content (AvgIpc) is 3.21. The van der Waals surface area contributed by atoms with Crippen molar-refractivity contribution in [1.82, 2.24) is 4.57 Å². The molecule has 130 valence electrons. The van der Waals surface area contributed by atoms with E-state index in [4.69, 9.17) is 9.47 Å². The summed E-state index contributed by atoms with van der Waals surface area (Å²) in [6.45, 7) is 1.74. The number of thiophene rings is 1. The molecule has 0 saturated carbocycles. The molecule has 1 unspecified atom stereocenters. The van der Waals surface area contributed by atoms with Gasteiger partial charge in [-0.15, -0.1) is 11.3 Å². The van der Waals surface area contributed by atoms with E-state index in [2.05, 4.69) is 5.32 Å². The highest BCUT2D eigenvalue weighted by Gasteiger charge is 2.25. The molecule has 0 fully saturated rings. The lowest BCUT2D eigenvalue weighted by molar-refractivity contribution is -0.118. The van der Waals surface area contributed by atoms with E-state index in [0.717, 1.165) is 10.2 Å². The lowest BCUT2D eigenvalue weighted by Gasteiger charge is -2.18. The molecule has 0 spiro atoms. The van der Waals surface area contributed by atoms with E-state index in [1.165, 1.54) is 18.4 Å². The van der Waals surface area contributed by atoms with E-state index in [-0.39, 0.29) is 5.91 Å². The molecule has 1 atom stereocenters. The lowest BCUT2D eigenvalue weighted by atomic mass is 10.2. The number of ether oxygens (including phenoxy) is 2. The highest BCUT2D eigenvalue weighted by atomic mass is 32.1. The number of hydrogen-bond acceptors (Lipinski definition) is 5. The lowest BCUT2D eigenvalue weighted by Crippen LogP contribution is -2.26. The van der Waals surface area contributed by atoms with Gasteiger partial charge in [0.15, 0.2) is 0 Å². The summed E-state index contributed by atoms with van der Waals surface area (Å²) in [6, 6.07) is 10.2. The maximum Gasteiger partial charge on any atom is 0.354 e. The molecule has 6 nitrogen and oxygen atoms in total. The summed E-state index contributed by atoms with van der Waals surface area (Å²) >= 11 is 1.51. The minimum Gasteiger partial charge on any atom is -0.495 e. The van der Waals surface area contributed by atoms with Crippen molar-refractivity contribution in [2.24, 2.45) is 0 Å². The molecule has 3 aromatic rings. The topological polar surface area (TPSA) is 69.6 Å². The molecule has 2 heterocycles. The van der Waals surface area contributed by atoms with E-state index in [1.807, 2.05) is 23.6 Å². The summed E-state index contributed by atoms with van der Waals surface area (Å²) < 4.78 is 12.7. The molecule has 7 heteroatoms. The highest BCUT2D eigenvalue weighted by Crippen LogP contribution is 2.30. The fraction of sp³-hybridized carbons (Fsp3) is 0.222. The van der Waals surface area contributed by atoms with Crippen LogP contribution in [0.2, 0.25) is 0 Å². The van der Waals surface area contributed by atoms with Gasteiger partial charge in [-0.2, -0.15) is 0 Å². The number of nitrogens with one attached hydrogen (secondary N) is 1. The summed E-state index contributed by atoms with van der Waals surface area (Å²) in [6.07, 6.45) is 0. The first kappa shape index (κ1) is 17.0. The Morgan fingerprint density at radius 3 is 2.68 bits per heavy atom. The molecule has 0 aliphatic carbocycles. The van der Waals surface area contributed by atoms with Crippen molar-refractivity contribution in [3.63, 3.8) is 0 Å². The average molecular weight is 358 g/mol. The van der Waals surface area contributed by atoms with Gasteiger partial charge in [0.2, 0.25) is 5.91 Å². The number of anilines is 1. The summed E-state index contributed by atoms with van der Waals surface area (Å²) in [4.78, 5) is 24.9. The molecule has 0 saturated heterocycles. The predicted molar refractivity (Wildman–Crippen MR) is 97.5 cm³/mol. The Morgan fingerprint density at radius 2 is 1.96 bits per heavy atom. The van der Waals surface area contributed by atoms with Gasteiger partial charge in [-0.05, 0) is 36.6 Å². The van der Waals surface area contributed by atoms with Gasteiger partial charge in [-0.3, -0.25) is 4.79 Å². The number of esters is 1. The van der Waals surface area contributed by atoms with Crippen molar-refractivity contribution in [3.8, 4) is 5.75 Å². The number of carbonyl (C=O) groups is 2. The number of methoxy groups -OCH3 is 2. The second-order valence-corrected chi connectivity index (χ2v) is 6.37. The third kappa shape index (κ3) is 3.10. The monoisotopic (exact) mass is 358 g/mol. The van der Waals surface area contributed by atoms with Crippen LogP contribution in [0.5, 0.6) is 5.75 Å². The molecule has 2 aromatic heterocycles. The van der Waals surface area contributed by atoms with Gasteiger partial charge < -0.3 is 19.4 Å². The van der Waals surface area contributed by atoms with Crippen LogP contribution in [0, 0.1) is 0 Å². The Balaban J connectivity index is 1.96.